The first kappa shape index (κ1) is 29.5. The van der Waals surface area contributed by atoms with Crippen molar-refractivity contribution in [3.05, 3.63) is 143 Å². The summed E-state index contributed by atoms with van der Waals surface area (Å²) in [6, 6.07) is 16.3. The van der Waals surface area contributed by atoms with E-state index in [2.05, 4.69) is 13.2 Å². The molecule has 0 aromatic heterocycles. The highest BCUT2D eigenvalue weighted by molar-refractivity contribution is 5.79. The zero-order valence-electron chi connectivity index (χ0n) is 23.0. The van der Waals surface area contributed by atoms with Crippen LogP contribution in [-0.2, 0) is 30.2 Å². The van der Waals surface area contributed by atoms with Crippen LogP contribution in [0.15, 0.2) is 103 Å². The summed E-state index contributed by atoms with van der Waals surface area (Å²) >= 11 is 0. The van der Waals surface area contributed by atoms with Gasteiger partial charge in [0.1, 0.15) is 11.6 Å². The molecule has 0 spiro atoms. The predicted octanol–water partition coefficient (Wildman–Crippen LogP) is 7.38. The summed E-state index contributed by atoms with van der Waals surface area (Å²) in [7, 11) is 0. The molecule has 1 atom stereocenters. The average Bonchev–Trinajstić information content (AvgIpc) is 3.38. The Morgan fingerprint density at radius 1 is 0.976 bits per heavy atom. The van der Waals surface area contributed by atoms with Gasteiger partial charge >= 0.3 is 6.18 Å². The third kappa shape index (κ3) is 5.95. The van der Waals surface area contributed by atoms with Gasteiger partial charge in [-0.05, 0) is 53.6 Å². The van der Waals surface area contributed by atoms with Gasteiger partial charge in [-0.1, -0.05) is 79.9 Å². The minimum absolute atomic E-state index is 0.0819. The third-order valence-electron chi connectivity index (χ3n) is 8.15. The Kier molecular flexibility index (Phi) is 8.45. The number of fused-ring (bicyclic) bond motifs is 2. The SMILES string of the molecule is C=C/C=C(/CN(C(=O)CN1CCc2ccccc2C1c1c(F)cccc1C(F)(F)F)C1Cc2ccccc2C1)C(=C)F. The van der Waals surface area contributed by atoms with Crippen LogP contribution >= 0.6 is 0 Å². The second-order valence-corrected chi connectivity index (χ2v) is 10.7. The van der Waals surface area contributed by atoms with Crippen LogP contribution in [-0.4, -0.2) is 41.4 Å². The van der Waals surface area contributed by atoms with Crippen LogP contribution in [0.1, 0.15) is 39.4 Å². The van der Waals surface area contributed by atoms with Gasteiger partial charge < -0.3 is 4.90 Å². The van der Waals surface area contributed by atoms with Crippen LogP contribution in [0.3, 0.4) is 0 Å². The molecule has 1 aliphatic carbocycles. The molecule has 0 saturated heterocycles. The monoisotopic (exact) mass is 578 g/mol. The van der Waals surface area contributed by atoms with Crippen LogP contribution < -0.4 is 0 Å². The Hall–Kier alpha value is -4.04. The van der Waals surface area contributed by atoms with E-state index in [0.29, 0.717) is 24.8 Å². The number of carbonyl (C=O) groups excluding carboxylic acids is 1. The lowest BCUT2D eigenvalue weighted by molar-refractivity contribution is -0.139. The zero-order valence-corrected chi connectivity index (χ0v) is 23.0. The van der Waals surface area contributed by atoms with Crippen molar-refractivity contribution in [1.29, 1.82) is 0 Å². The smallest absolute Gasteiger partial charge is 0.333 e. The third-order valence-corrected chi connectivity index (χ3v) is 8.15. The molecular weight excluding hydrogens is 547 g/mol. The van der Waals surface area contributed by atoms with Crippen LogP contribution in [0.4, 0.5) is 22.0 Å². The lowest BCUT2D eigenvalue weighted by atomic mass is 9.85. The molecular formula is C34H31F5N2O. The Labute approximate surface area is 242 Å². The topological polar surface area (TPSA) is 23.6 Å². The maximum Gasteiger partial charge on any atom is 0.416 e. The van der Waals surface area contributed by atoms with Crippen LogP contribution in [0, 0.1) is 5.82 Å². The molecule has 218 valence electrons. The number of alkyl halides is 3. The molecule has 0 saturated carbocycles. The quantitative estimate of drug-likeness (QED) is 0.206. The summed E-state index contributed by atoms with van der Waals surface area (Å²) in [5.74, 6) is -2.08. The largest absolute Gasteiger partial charge is 0.416 e. The molecule has 3 aromatic carbocycles. The maximum absolute atomic E-state index is 15.4. The van der Waals surface area contributed by atoms with E-state index >= 15 is 4.39 Å². The zero-order chi connectivity index (χ0) is 30.0. The predicted molar refractivity (Wildman–Crippen MR) is 153 cm³/mol. The van der Waals surface area contributed by atoms with Gasteiger partial charge in [-0.2, -0.15) is 13.2 Å². The number of allylic oxidation sites excluding steroid dienone is 2. The van der Waals surface area contributed by atoms with Crippen molar-refractivity contribution in [1.82, 2.24) is 9.80 Å². The highest BCUT2D eigenvalue weighted by atomic mass is 19.4. The van der Waals surface area contributed by atoms with Crippen molar-refractivity contribution < 1.29 is 26.7 Å². The lowest BCUT2D eigenvalue weighted by Crippen LogP contribution is -2.49. The Morgan fingerprint density at radius 3 is 2.24 bits per heavy atom. The molecule has 2 aliphatic rings. The highest BCUT2D eigenvalue weighted by Gasteiger charge is 2.41. The number of amides is 1. The molecule has 0 fully saturated rings. The number of hydrogen-bond donors (Lipinski definition) is 0. The van der Waals surface area contributed by atoms with E-state index in [4.69, 9.17) is 0 Å². The molecule has 1 unspecified atom stereocenters. The molecule has 3 aromatic rings. The van der Waals surface area contributed by atoms with E-state index in [1.165, 1.54) is 12.2 Å². The Bertz CT molecular complexity index is 1520. The fourth-order valence-electron chi connectivity index (χ4n) is 6.19. The lowest BCUT2D eigenvalue weighted by Gasteiger charge is -2.40. The summed E-state index contributed by atoms with van der Waals surface area (Å²) in [4.78, 5) is 17.3. The number of halogens is 5. The van der Waals surface area contributed by atoms with Gasteiger partial charge in [0.15, 0.2) is 0 Å². The van der Waals surface area contributed by atoms with E-state index in [1.54, 1.807) is 28.0 Å². The highest BCUT2D eigenvalue weighted by Crippen LogP contribution is 2.43. The van der Waals surface area contributed by atoms with Crippen LogP contribution in [0.5, 0.6) is 0 Å². The van der Waals surface area contributed by atoms with Gasteiger partial charge in [-0.15, -0.1) is 0 Å². The maximum atomic E-state index is 15.4. The number of benzene rings is 3. The van der Waals surface area contributed by atoms with Crippen molar-refractivity contribution in [2.24, 2.45) is 0 Å². The fraction of sp³-hybridized carbons (Fsp3) is 0.265. The fourth-order valence-corrected chi connectivity index (χ4v) is 6.19. The molecule has 1 heterocycles. The first-order valence-electron chi connectivity index (χ1n) is 13.8. The van der Waals surface area contributed by atoms with Crippen molar-refractivity contribution in [3.63, 3.8) is 0 Å². The van der Waals surface area contributed by atoms with Gasteiger partial charge in [-0.3, -0.25) is 9.69 Å². The van der Waals surface area contributed by atoms with Gasteiger partial charge in [0, 0.05) is 30.3 Å². The van der Waals surface area contributed by atoms with E-state index in [1.807, 2.05) is 30.3 Å². The normalized spacial score (nSPS) is 17.5. The summed E-state index contributed by atoms with van der Waals surface area (Å²) < 4.78 is 72.4. The molecule has 5 rings (SSSR count). The van der Waals surface area contributed by atoms with Gasteiger partial charge in [-0.25, -0.2) is 8.78 Å². The number of nitrogens with zero attached hydrogens (tertiary/aromatic N) is 2. The van der Waals surface area contributed by atoms with Gasteiger partial charge in [0.05, 0.1) is 18.2 Å². The molecule has 1 amide bonds. The van der Waals surface area contributed by atoms with Crippen molar-refractivity contribution in [2.45, 2.75) is 37.5 Å². The second-order valence-electron chi connectivity index (χ2n) is 10.7. The number of carbonyl (C=O) groups is 1. The van der Waals surface area contributed by atoms with Crippen molar-refractivity contribution in [2.75, 3.05) is 19.6 Å². The summed E-state index contributed by atoms with van der Waals surface area (Å²) in [6.07, 6.45) is -0.333. The molecule has 42 heavy (non-hydrogen) atoms. The van der Waals surface area contributed by atoms with Crippen molar-refractivity contribution in [3.8, 4) is 0 Å². The molecule has 8 heteroatoms. The summed E-state index contributed by atoms with van der Waals surface area (Å²) in [5, 5.41) is 0. The first-order chi connectivity index (χ1) is 20.1. The second kappa shape index (κ2) is 12.1. The summed E-state index contributed by atoms with van der Waals surface area (Å²) in [5.41, 5.74) is 2.10. The number of hydrogen-bond acceptors (Lipinski definition) is 2. The van der Waals surface area contributed by atoms with Crippen molar-refractivity contribution >= 4 is 5.91 Å². The number of rotatable bonds is 8. The standard InChI is InChI=1S/C34H31F5N2O/c1-3-9-26(22(2)35)20-41(27-18-24-11-4-5-12-25(24)19-27)31(42)21-40-17-16-23-10-6-7-13-28(23)33(40)32-29(34(37,38)39)14-8-15-30(32)36/h3-15,27,33H,1-2,16-21H2/b26-9-. The molecule has 0 bridgehead atoms. The molecule has 3 nitrogen and oxygen atoms in total. The van der Waals surface area contributed by atoms with E-state index in [9.17, 15) is 22.4 Å². The minimum atomic E-state index is -4.80. The van der Waals surface area contributed by atoms with Crippen LogP contribution in [0.25, 0.3) is 0 Å². The molecule has 0 N–H and O–H groups in total. The Balaban J connectivity index is 1.54. The Morgan fingerprint density at radius 2 is 1.62 bits per heavy atom. The van der Waals surface area contributed by atoms with Gasteiger partial charge in [0.25, 0.3) is 0 Å². The summed E-state index contributed by atoms with van der Waals surface area (Å²) in [6.45, 7) is 6.92. The first-order valence-corrected chi connectivity index (χ1v) is 13.8. The molecule has 0 radical (unpaired) electrons. The molecule has 1 aliphatic heterocycles. The van der Waals surface area contributed by atoms with Crippen LogP contribution in [0.2, 0.25) is 0 Å². The van der Waals surface area contributed by atoms with E-state index in [-0.39, 0.29) is 31.2 Å². The van der Waals surface area contributed by atoms with Gasteiger partial charge in [0.2, 0.25) is 5.91 Å². The average molecular weight is 579 g/mol. The van der Waals surface area contributed by atoms with E-state index < -0.39 is 40.9 Å². The van der Waals surface area contributed by atoms with E-state index in [0.717, 1.165) is 34.9 Å². The minimum Gasteiger partial charge on any atom is -0.333 e.